The second kappa shape index (κ2) is 5.17. The number of nitrogen functional groups attached to an aromatic ring is 1. The highest BCUT2D eigenvalue weighted by Crippen LogP contribution is 2.22. The molecular weight excluding hydrogens is 248 g/mol. The van der Waals surface area contributed by atoms with Crippen LogP contribution < -0.4 is 11.1 Å². The summed E-state index contributed by atoms with van der Waals surface area (Å²) in [6.45, 7) is 2.75. The van der Waals surface area contributed by atoms with Crippen molar-refractivity contribution in [3.8, 4) is 0 Å². The van der Waals surface area contributed by atoms with Crippen molar-refractivity contribution in [2.75, 3.05) is 11.1 Å². The van der Waals surface area contributed by atoms with Gasteiger partial charge in [-0.15, -0.1) is 0 Å². The highest BCUT2D eigenvalue weighted by Gasteiger charge is 2.04. The smallest absolute Gasteiger partial charge is 0.0950 e. The SMILES string of the molecule is Cc1c(N)cccc1CNc1cnnc2ccccc12. The van der Waals surface area contributed by atoms with E-state index in [0.717, 1.165) is 27.8 Å². The Labute approximate surface area is 117 Å². The molecule has 4 nitrogen and oxygen atoms in total. The molecule has 3 rings (SSSR count). The minimum Gasteiger partial charge on any atom is -0.399 e. The number of aromatic nitrogens is 2. The zero-order valence-corrected chi connectivity index (χ0v) is 11.3. The Morgan fingerprint density at radius 2 is 1.95 bits per heavy atom. The summed E-state index contributed by atoms with van der Waals surface area (Å²) in [4.78, 5) is 0. The minimum atomic E-state index is 0.715. The van der Waals surface area contributed by atoms with Crippen LogP contribution in [0.4, 0.5) is 11.4 Å². The van der Waals surface area contributed by atoms with E-state index in [4.69, 9.17) is 5.73 Å². The molecule has 100 valence electrons. The third kappa shape index (κ3) is 2.28. The number of nitrogens with zero attached hydrogens (tertiary/aromatic N) is 2. The van der Waals surface area contributed by atoms with Crippen molar-refractivity contribution < 1.29 is 0 Å². The number of nitrogens with two attached hydrogens (primary N) is 1. The Morgan fingerprint density at radius 1 is 1.10 bits per heavy atom. The summed E-state index contributed by atoms with van der Waals surface area (Å²) >= 11 is 0. The first-order valence-electron chi connectivity index (χ1n) is 6.54. The molecule has 0 saturated carbocycles. The topological polar surface area (TPSA) is 63.8 Å². The van der Waals surface area contributed by atoms with Crippen molar-refractivity contribution in [3.63, 3.8) is 0 Å². The molecule has 2 aromatic carbocycles. The van der Waals surface area contributed by atoms with Gasteiger partial charge >= 0.3 is 0 Å². The molecule has 0 radical (unpaired) electrons. The highest BCUT2D eigenvalue weighted by molar-refractivity contribution is 5.90. The summed E-state index contributed by atoms with van der Waals surface area (Å²) in [5.74, 6) is 0. The molecule has 0 amide bonds. The van der Waals surface area contributed by atoms with E-state index in [1.54, 1.807) is 6.20 Å². The molecule has 0 aliphatic carbocycles. The van der Waals surface area contributed by atoms with Gasteiger partial charge in [0.25, 0.3) is 0 Å². The standard InChI is InChI=1S/C16H16N4/c1-11-12(5-4-7-14(11)17)9-18-16-10-19-20-15-8-3-2-6-13(15)16/h2-8,10H,9,17H2,1H3,(H,18,20). The van der Waals surface area contributed by atoms with Gasteiger partial charge in [0.1, 0.15) is 0 Å². The fourth-order valence-electron chi connectivity index (χ4n) is 2.23. The Kier molecular flexibility index (Phi) is 3.21. The van der Waals surface area contributed by atoms with E-state index in [2.05, 4.69) is 21.6 Å². The van der Waals surface area contributed by atoms with Gasteiger partial charge in [-0.25, -0.2) is 0 Å². The summed E-state index contributed by atoms with van der Waals surface area (Å²) < 4.78 is 0. The van der Waals surface area contributed by atoms with Gasteiger partial charge in [-0.1, -0.05) is 30.3 Å². The molecule has 0 spiro atoms. The minimum absolute atomic E-state index is 0.715. The molecule has 0 atom stereocenters. The first-order chi connectivity index (χ1) is 9.75. The largest absolute Gasteiger partial charge is 0.399 e. The number of fused-ring (bicyclic) bond motifs is 1. The van der Waals surface area contributed by atoms with Crippen LogP contribution in [-0.2, 0) is 6.54 Å². The molecule has 3 aromatic rings. The van der Waals surface area contributed by atoms with E-state index in [0.29, 0.717) is 6.54 Å². The van der Waals surface area contributed by atoms with Crippen molar-refractivity contribution in [1.29, 1.82) is 0 Å². The van der Waals surface area contributed by atoms with Gasteiger partial charge in [-0.05, 0) is 30.2 Å². The number of benzene rings is 2. The van der Waals surface area contributed by atoms with Crippen LogP contribution in [-0.4, -0.2) is 10.2 Å². The third-order valence-electron chi connectivity index (χ3n) is 3.50. The molecule has 0 aliphatic rings. The molecule has 0 bridgehead atoms. The lowest BCUT2D eigenvalue weighted by Gasteiger charge is -2.11. The maximum atomic E-state index is 5.93. The Hall–Kier alpha value is -2.62. The third-order valence-corrected chi connectivity index (χ3v) is 3.50. The number of hydrogen-bond acceptors (Lipinski definition) is 4. The van der Waals surface area contributed by atoms with E-state index in [1.807, 2.05) is 43.3 Å². The molecule has 0 saturated heterocycles. The number of anilines is 2. The van der Waals surface area contributed by atoms with Gasteiger partial charge in [0.2, 0.25) is 0 Å². The maximum Gasteiger partial charge on any atom is 0.0950 e. The first-order valence-corrected chi connectivity index (χ1v) is 6.54. The molecule has 1 aromatic heterocycles. The van der Waals surface area contributed by atoms with E-state index < -0.39 is 0 Å². The Balaban J connectivity index is 1.89. The Bertz CT molecular complexity index is 747. The number of rotatable bonds is 3. The van der Waals surface area contributed by atoms with Crippen molar-refractivity contribution in [3.05, 3.63) is 59.8 Å². The Morgan fingerprint density at radius 3 is 2.85 bits per heavy atom. The van der Waals surface area contributed by atoms with Gasteiger partial charge in [-0.3, -0.25) is 0 Å². The summed E-state index contributed by atoms with van der Waals surface area (Å²) in [5, 5.41) is 12.6. The van der Waals surface area contributed by atoms with Crippen LogP contribution in [0.2, 0.25) is 0 Å². The van der Waals surface area contributed by atoms with E-state index in [-0.39, 0.29) is 0 Å². The lowest BCUT2D eigenvalue weighted by atomic mass is 10.1. The first kappa shape index (κ1) is 12.4. The summed E-state index contributed by atoms with van der Waals surface area (Å²) in [5.41, 5.74) is 10.9. The van der Waals surface area contributed by atoms with Crippen molar-refractivity contribution >= 4 is 22.3 Å². The van der Waals surface area contributed by atoms with E-state index >= 15 is 0 Å². The lowest BCUT2D eigenvalue weighted by molar-refractivity contribution is 1.06. The van der Waals surface area contributed by atoms with Crippen LogP contribution in [0.25, 0.3) is 10.9 Å². The van der Waals surface area contributed by atoms with E-state index in [9.17, 15) is 0 Å². The predicted molar refractivity (Wildman–Crippen MR) is 82.5 cm³/mol. The van der Waals surface area contributed by atoms with Crippen LogP contribution in [0.1, 0.15) is 11.1 Å². The van der Waals surface area contributed by atoms with Gasteiger partial charge in [-0.2, -0.15) is 10.2 Å². The van der Waals surface area contributed by atoms with Gasteiger partial charge in [0, 0.05) is 17.6 Å². The fraction of sp³-hybridized carbons (Fsp3) is 0.125. The van der Waals surface area contributed by atoms with Gasteiger partial charge < -0.3 is 11.1 Å². The average molecular weight is 264 g/mol. The van der Waals surface area contributed by atoms with Crippen molar-refractivity contribution in [2.24, 2.45) is 0 Å². The van der Waals surface area contributed by atoms with Gasteiger partial charge in [0.15, 0.2) is 0 Å². The fourth-order valence-corrected chi connectivity index (χ4v) is 2.23. The summed E-state index contributed by atoms with van der Waals surface area (Å²) in [7, 11) is 0. The van der Waals surface area contributed by atoms with Crippen LogP contribution in [0, 0.1) is 6.92 Å². The molecule has 0 unspecified atom stereocenters. The van der Waals surface area contributed by atoms with Crippen LogP contribution in [0.3, 0.4) is 0 Å². The molecule has 0 aliphatic heterocycles. The molecule has 0 fully saturated rings. The van der Waals surface area contributed by atoms with E-state index in [1.165, 1.54) is 5.56 Å². The summed E-state index contributed by atoms with van der Waals surface area (Å²) in [6, 6.07) is 13.9. The summed E-state index contributed by atoms with van der Waals surface area (Å²) in [6.07, 6.45) is 1.75. The maximum absolute atomic E-state index is 5.93. The second-order valence-corrected chi connectivity index (χ2v) is 4.76. The average Bonchev–Trinajstić information content (AvgIpc) is 2.49. The number of hydrogen-bond donors (Lipinski definition) is 2. The normalized spacial score (nSPS) is 10.7. The molecule has 20 heavy (non-hydrogen) atoms. The monoisotopic (exact) mass is 264 g/mol. The van der Waals surface area contributed by atoms with Crippen LogP contribution in [0.5, 0.6) is 0 Å². The quantitative estimate of drug-likeness (QED) is 0.713. The predicted octanol–water partition coefficient (Wildman–Crippen LogP) is 3.13. The van der Waals surface area contributed by atoms with Crippen molar-refractivity contribution in [1.82, 2.24) is 10.2 Å². The van der Waals surface area contributed by atoms with Crippen LogP contribution in [0.15, 0.2) is 48.7 Å². The van der Waals surface area contributed by atoms with Crippen molar-refractivity contribution in [2.45, 2.75) is 13.5 Å². The lowest BCUT2D eigenvalue weighted by Crippen LogP contribution is -2.04. The zero-order valence-electron chi connectivity index (χ0n) is 11.3. The molecule has 1 heterocycles. The van der Waals surface area contributed by atoms with Crippen LogP contribution >= 0.6 is 0 Å². The molecule has 3 N–H and O–H groups in total. The zero-order chi connectivity index (χ0) is 13.9. The molecular formula is C16H16N4. The van der Waals surface area contributed by atoms with Gasteiger partial charge in [0.05, 0.1) is 17.4 Å². The number of nitrogens with one attached hydrogen (secondary N) is 1. The molecule has 4 heteroatoms. The second-order valence-electron chi connectivity index (χ2n) is 4.76. The highest BCUT2D eigenvalue weighted by atomic mass is 15.1.